The molecule has 0 fully saturated rings. The van der Waals surface area contributed by atoms with E-state index in [1.807, 2.05) is 0 Å². The molecule has 1 aromatic rings. The molecule has 1 N–H and O–H groups in total. The summed E-state index contributed by atoms with van der Waals surface area (Å²) in [6.07, 6.45) is 6.46. The van der Waals surface area contributed by atoms with E-state index in [1.165, 1.54) is 41.5 Å². The molecule has 0 saturated heterocycles. The first-order chi connectivity index (χ1) is 9.75. The molecule has 0 radical (unpaired) electrons. The van der Waals surface area contributed by atoms with Gasteiger partial charge in [-0.1, -0.05) is 65.5 Å². The molecular weight excluding hydrogens is 256 g/mol. The predicted molar refractivity (Wildman–Crippen MR) is 93.1 cm³/mol. The van der Waals surface area contributed by atoms with E-state index in [0.29, 0.717) is 0 Å². The van der Waals surface area contributed by atoms with Crippen LogP contribution < -0.4 is 0 Å². The number of benzene rings is 1. The van der Waals surface area contributed by atoms with Crippen molar-refractivity contribution in [2.24, 2.45) is 0 Å². The molecule has 0 aliphatic heterocycles. The van der Waals surface area contributed by atoms with Gasteiger partial charge in [0.2, 0.25) is 0 Å². The van der Waals surface area contributed by atoms with Crippen LogP contribution in [-0.2, 0) is 11.8 Å². The molecule has 21 heavy (non-hydrogen) atoms. The minimum Gasteiger partial charge on any atom is -0.393 e. The summed E-state index contributed by atoms with van der Waals surface area (Å²) >= 11 is 0. The number of aliphatic hydroxyl groups excluding tert-OH is 1. The Bertz CT molecular complexity index is 417. The lowest BCUT2D eigenvalue weighted by Crippen LogP contribution is -2.15. The number of aryl methyl sites for hydroxylation is 2. The van der Waals surface area contributed by atoms with Gasteiger partial charge in [0, 0.05) is 0 Å². The van der Waals surface area contributed by atoms with E-state index < -0.39 is 0 Å². The van der Waals surface area contributed by atoms with E-state index in [0.717, 1.165) is 19.3 Å². The number of hydrogen-bond acceptors (Lipinski definition) is 1. The van der Waals surface area contributed by atoms with Crippen LogP contribution in [0.15, 0.2) is 12.1 Å². The summed E-state index contributed by atoms with van der Waals surface area (Å²) in [5.41, 5.74) is 5.57. The SMILES string of the molecule is CCCCCCC(O)Cc1c(C)cc(C(C)(C)C)cc1C. The second-order valence-corrected chi connectivity index (χ2v) is 7.55. The molecule has 1 rings (SSSR count). The molecule has 0 aromatic heterocycles. The molecule has 1 heteroatoms. The minimum absolute atomic E-state index is 0.187. The summed E-state index contributed by atoms with van der Waals surface area (Å²) in [5.74, 6) is 0. The van der Waals surface area contributed by atoms with Crippen molar-refractivity contribution in [3.05, 3.63) is 34.4 Å². The van der Waals surface area contributed by atoms with Gasteiger partial charge in [-0.05, 0) is 54.4 Å². The van der Waals surface area contributed by atoms with E-state index in [1.54, 1.807) is 0 Å². The van der Waals surface area contributed by atoms with Crippen molar-refractivity contribution in [3.63, 3.8) is 0 Å². The molecule has 120 valence electrons. The maximum absolute atomic E-state index is 10.3. The lowest BCUT2D eigenvalue weighted by Gasteiger charge is -2.23. The van der Waals surface area contributed by atoms with Crippen LogP contribution in [0.25, 0.3) is 0 Å². The zero-order valence-electron chi connectivity index (χ0n) is 14.9. The fourth-order valence-corrected chi connectivity index (χ4v) is 2.89. The highest BCUT2D eigenvalue weighted by molar-refractivity contribution is 5.40. The average Bonchev–Trinajstić information content (AvgIpc) is 2.37. The summed E-state index contributed by atoms with van der Waals surface area (Å²) in [7, 11) is 0. The van der Waals surface area contributed by atoms with Gasteiger partial charge in [0.1, 0.15) is 0 Å². The van der Waals surface area contributed by atoms with E-state index in [-0.39, 0.29) is 11.5 Å². The van der Waals surface area contributed by atoms with Crippen LogP contribution in [0, 0.1) is 13.8 Å². The minimum atomic E-state index is -0.195. The van der Waals surface area contributed by atoms with Crippen LogP contribution in [-0.4, -0.2) is 11.2 Å². The molecule has 0 saturated carbocycles. The highest BCUT2D eigenvalue weighted by Gasteiger charge is 2.17. The fraction of sp³-hybridized carbons (Fsp3) is 0.700. The van der Waals surface area contributed by atoms with E-state index in [9.17, 15) is 5.11 Å². The Balaban J connectivity index is 2.71. The monoisotopic (exact) mass is 290 g/mol. The van der Waals surface area contributed by atoms with Crippen molar-refractivity contribution < 1.29 is 5.11 Å². The van der Waals surface area contributed by atoms with Crippen molar-refractivity contribution in [1.82, 2.24) is 0 Å². The summed E-state index contributed by atoms with van der Waals surface area (Å²) in [6.45, 7) is 13.3. The normalized spacial score (nSPS) is 13.5. The zero-order chi connectivity index (χ0) is 16.0. The van der Waals surface area contributed by atoms with Crippen molar-refractivity contribution >= 4 is 0 Å². The van der Waals surface area contributed by atoms with Crippen molar-refractivity contribution in [2.75, 3.05) is 0 Å². The second kappa shape index (κ2) is 7.98. The Morgan fingerprint density at radius 3 is 2.05 bits per heavy atom. The molecular formula is C20H34O. The smallest absolute Gasteiger partial charge is 0.0580 e. The standard InChI is InChI=1S/C20H34O/c1-7-8-9-10-11-18(21)14-19-15(2)12-17(13-16(19)3)20(4,5)6/h12-13,18,21H,7-11,14H2,1-6H3. The first-order valence-electron chi connectivity index (χ1n) is 8.54. The maximum atomic E-state index is 10.3. The van der Waals surface area contributed by atoms with Crippen molar-refractivity contribution in [2.45, 2.75) is 91.6 Å². The van der Waals surface area contributed by atoms with Gasteiger partial charge in [-0.15, -0.1) is 0 Å². The molecule has 0 spiro atoms. The average molecular weight is 290 g/mol. The Kier molecular flexibility index (Phi) is 6.93. The zero-order valence-corrected chi connectivity index (χ0v) is 14.9. The first kappa shape index (κ1) is 18.2. The lowest BCUT2D eigenvalue weighted by molar-refractivity contribution is 0.160. The third kappa shape index (κ3) is 5.82. The molecule has 0 aliphatic carbocycles. The third-order valence-electron chi connectivity index (χ3n) is 4.39. The van der Waals surface area contributed by atoms with Crippen LogP contribution in [0.3, 0.4) is 0 Å². The van der Waals surface area contributed by atoms with Crippen LogP contribution in [0.4, 0.5) is 0 Å². The summed E-state index contributed by atoms with van der Waals surface area (Å²) < 4.78 is 0. The van der Waals surface area contributed by atoms with E-state index >= 15 is 0 Å². The van der Waals surface area contributed by atoms with Gasteiger partial charge in [0.15, 0.2) is 0 Å². The molecule has 0 aliphatic rings. The summed E-state index contributed by atoms with van der Waals surface area (Å²) in [5, 5.41) is 10.3. The van der Waals surface area contributed by atoms with E-state index in [4.69, 9.17) is 0 Å². The number of unbranched alkanes of at least 4 members (excludes halogenated alkanes) is 3. The lowest BCUT2D eigenvalue weighted by atomic mass is 9.83. The number of aliphatic hydroxyl groups is 1. The largest absolute Gasteiger partial charge is 0.393 e. The van der Waals surface area contributed by atoms with Crippen molar-refractivity contribution in [1.29, 1.82) is 0 Å². The van der Waals surface area contributed by atoms with Gasteiger partial charge in [0.05, 0.1) is 6.10 Å². The summed E-state index contributed by atoms with van der Waals surface area (Å²) in [4.78, 5) is 0. The Morgan fingerprint density at radius 1 is 1.00 bits per heavy atom. The first-order valence-corrected chi connectivity index (χ1v) is 8.54. The predicted octanol–water partition coefficient (Wildman–Crippen LogP) is 5.47. The molecule has 0 bridgehead atoms. The van der Waals surface area contributed by atoms with Crippen LogP contribution >= 0.6 is 0 Å². The Labute approximate surface area is 131 Å². The van der Waals surface area contributed by atoms with E-state index in [2.05, 4.69) is 53.7 Å². The van der Waals surface area contributed by atoms with Gasteiger partial charge in [-0.3, -0.25) is 0 Å². The molecule has 1 unspecified atom stereocenters. The quantitative estimate of drug-likeness (QED) is 0.660. The molecule has 0 amide bonds. The van der Waals surface area contributed by atoms with Gasteiger partial charge in [-0.25, -0.2) is 0 Å². The maximum Gasteiger partial charge on any atom is 0.0580 e. The van der Waals surface area contributed by atoms with Crippen LogP contribution in [0.1, 0.15) is 82.1 Å². The fourth-order valence-electron chi connectivity index (χ4n) is 2.89. The highest BCUT2D eigenvalue weighted by atomic mass is 16.3. The molecule has 1 nitrogen and oxygen atoms in total. The van der Waals surface area contributed by atoms with Gasteiger partial charge in [-0.2, -0.15) is 0 Å². The Hall–Kier alpha value is -0.820. The molecule has 1 aromatic carbocycles. The highest BCUT2D eigenvalue weighted by Crippen LogP contribution is 2.27. The van der Waals surface area contributed by atoms with Crippen molar-refractivity contribution in [3.8, 4) is 0 Å². The number of rotatable bonds is 7. The second-order valence-electron chi connectivity index (χ2n) is 7.55. The van der Waals surface area contributed by atoms with Crippen LogP contribution in [0.2, 0.25) is 0 Å². The van der Waals surface area contributed by atoms with Gasteiger partial charge in [0.25, 0.3) is 0 Å². The molecule has 0 heterocycles. The summed E-state index contributed by atoms with van der Waals surface area (Å²) in [6, 6.07) is 4.60. The Morgan fingerprint density at radius 2 is 1.57 bits per heavy atom. The third-order valence-corrected chi connectivity index (χ3v) is 4.39. The van der Waals surface area contributed by atoms with Gasteiger partial charge < -0.3 is 5.11 Å². The topological polar surface area (TPSA) is 20.2 Å². The molecule has 1 atom stereocenters. The van der Waals surface area contributed by atoms with Crippen LogP contribution in [0.5, 0.6) is 0 Å². The number of hydrogen-bond donors (Lipinski definition) is 1. The van der Waals surface area contributed by atoms with Gasteiger partial charge >= 0.3 is 0 Å².